The third-order valence-corrected chi connectivity index (χ3v) is 1.39. The third kappa shape index (κ3) is 2.30. The van der Waals surface area contributed by atoms with Crippen molar-refractivity contribution in [3.63, 3.8) is 0 Å². The van der Waals surface area contributed by atoms with Crippen LogP contribution in [0.5, 0.6) is 0 Å². The van der Waals surface area contributed by atoms with Crippen LogP contribution in [-0.4, -0.2) is 17.1 Å². The van der Waals surface area contributed by atoms with E-state index in [-0.39, 0.29) is 5.76 Å². The molecule has 0 radical (unpaired) electrons. The van der Waals surface area contributed by atoms with Gasteiger partial charge in [-0.1, -0.05) is 5.16 Å². The van der Waals surface area contributed by atoms with Gasteiger partial charge in [-0.2, -0.15) is 5.26 Å². The summed E-state index contributed by atoms with van der Waals surface area (Å²) >= 11 is 0. The molecule has 5 heteroatoms. The summed E-state index contributed by atoms with van der Waals surface area (Å²) < 4.78 is 4.70. The average Bonchev–Trinajstić information content (AvgIpc) is 2.51. The molecule has 0 saturated carbocycles. The molecular formula is C8H9N3O2. The maximum Gasteiger partial charge on any atom is 0.290 e. The highest BCUT2D eigenvalue weighted by Crippen LogP contribution is 2.01. The van der Waals surface area contributed by atoms with Crippen molar-refractivity contribution < 1.29 is 9.32 Å². The first-order chi connectivity index (χ1) is 6.13. The molecule has 1 N–H and O–H groups in total. The van der Waals surface area contributed by atoms with Crippen molar-refractivity contribution in [2.24, 2.45) is 0 Å². The van der Waals surface area contributed by atoms with Gasteiger partial charge in [0.15, 0.2) is 0 Å². The highest BCUT2D eigenvalue weighted by Gasteiger charge is 2.13. The van der Waals surface area contributed by atoms with Crippen molar-refractivity contribution in [3.8, 4) is 6.07 Å². The zero-order valence-electron chi connectivity index (χ0n) is 7.37. The molecule has 1 atom stereocenters. The maximum atomic E-state index is 11.2. The molecule has 0 fully saturated rings. The van der Waals surface area contributed by atoms with Crippen LogP contribution in [0.25, 0.3) is 0 Å². The largest absolute Gasteiger partial charge is 0.351 e. The van der Waals surface area contributed by atoms with Crippen LogP contribution in [0.4, 0.5) is 0 Å². The molecule has 0 aliphatic carbocycles. The molecule has 0 aromatic carbocycles. The van der Waals surface area contributed by atoms with Crippen molar-refractivity contribution in [2.75, 3.05) is 0 Å². The Labute approximate surface area is 75.3 Å². The van der Waals surface area contributed by atoms with Gasteiger partial charge in [0, 0.05) is 6.07 Å². The number of carbonyl (C=O) groups excluding carboxylic acids is 1. The topological polar surface area (TPSA) is 78.9 Å². The molecular weight excluding hydrogens is 170 g/mol. The van der Waals surface area contributed by atoms with E-state index in [0.29, 0.717) is 5.69 Å². The van der Waals surface area contributed by atoms with Crippen LogP contribution in [0.2, 0.25) is 0 Å². The van der Waals surface area contributed by atoms with Crippen LogP contribution < -0.4 is 5.32 Å². The molecule has 1 aromatic heterocycles. The molecule has 0 spiro atoms. The number of rotatable bonds is 2. The van der Waals surface area contributed by atoms with Gasteiger partial charge in [0.1, 0.15) is 6.04 Å². The number of nitriles is 1. The lowest BCUT2D eigenvalue weighted by Crippen LogP contribution is -2.30. The predicted molar refractivity (Wildman–Crippen MR) is 43.8 cm³/mol. The number of hydrogen-bond acceptors (Lipinski definition) is 4. The monoisotopic (exact) mass is 179 g/mol. The summed E-state index contributed by atoms with van der Waals surface area (Å²) in [7, 11) is 0. The minimum absolute atomic E-state index is 0.125. The minimum atomic E-state index is -0.530. The standard InChI is InChI=1S/C8H9N3O2/c1-5-3-7(13-11-5)8(12)10-6(2)4-9/h3,6H,1-2H3,(H,10,12)/t6-/m1/s1. The summed E-state index contributed by atoms with van der Waals surface area (Å²) in [6.45, 7) is 3.30. The first-order valence-corrected chi connectivity index (χ1v) is 3.77. The van der Waals surface area contributed by atoms with Crippen molar-refractivity contribution in [1.82, 2.24) is 10.5 Å². The van der Waals surface area contributed by atoms with Gasteiger partial charge in [0.2, 0.25) is 5.76 Å². The smallest absolute Gasteiger partial charge is 0.290 e. The number of aryl methyl sites for hydroxylation is 1. The highest BCUT2D eigenvalue weighted by molar-refractivity contribution is 5.91. The first-order valence-electron chi connectivity index (χ1n) is 3.77. The maximum absolute atomic E-state index is 11.2. The summed E-state index contributed by atoms with van der Waals surface area (Å²) in [5.74, 6) is -0.297. The fourth-order valence-corrected chi connectivity index (χ4v) is 0.771. The molecule has 0 aliphatic heterocycles. The van der Waals surface area contributed by atoms with Crippen molar-refractivity contribution in [1.29, 1.82) is 5.26 Å². The number of carbonyl (C=O) groups is 1. The second kappa shape index (κ2) is 3.72. The van der Waals surface area contributed by atoms with Crippen LogP contribution in [0.15, 0.2) is 10.6 Å². The third-order valence-electron chi connectivity index (χ3n) is 1.39. The number of nitrogens with one attached hydrogen (secondary N) is 1. The first kappa shape index (κ1) is 9.26. The van der Waals surface area contributed by atoms with Crippen LogP contribution in [0.3, 0.4) is 0 Å². The minimum Gasteiger partial charge on any atom is -0.351 e. The molecule has 0 bridgehead atoms. The lowest BCUT2D eigenvalue weighted by Gasteiger charge is -2.01. The van der Waals surface area contributed by atoms with Gasteiger partial charge in [-0.3, -0.25) is 4.79 Å². The van der Waals surface area contributed by atoms with E-state index in [1.165, 1.54) is 6.07 Å². The fraction of sp³-hybridized carbons (Fsp3) is 0.375. The lowest BCUT2D eigenvalue weighted by atomic mass is 10.3. The summed E-state index contributed by atoms with van der Waals surface area (Å²) in [5, 5.41) is 14.4. The molecule has 0 aliphatic rings. The SMILES string of the molecule is Cc1cc(C(=O)N[C@H](C)C#N)on1. The van der Waals surface area contributed by atoms with Gasteiger partial charge in [-0.05, 0) is 13.8 Å². The van der Waals surface area contributed by atoms with Crippen molar-refractivity contribution in [3.05, 3.63) is 17.5 Å². The van der Waals surface area contributed by atoms with Crippen LogP contribution in [0.1, 0.15) is 23.2 Å². The summed E-state index contributed by atoms with van der Waals surface area (Å²) in [6.07, 6.45) is 0. The van der Waals surface area contributed by atoms with E-state index in [1.807, 2.05) is 6.07 Å². The molecule has 68 valence electrons. The van der Waals surface area contributed by atoms with Crippen LogP contribution >= 0.6 is 0 Å². The molecule has 5 nitrogen and oxygen atoms in total. The molecule has 0 unspecified atom stereocenters. The molecule has 13 heavy (non-hydrogen) atoms. The van der Waals surface area contributed by atoms with E-state index < -0.39 is 11.9 Å². The second-order valence-electron chi connectivity index (χ2n) is 2.66. The van der Waals surface area contributed by atoms with Gasteiger partial charge < -0.3 is 9.84 Å². The fourth-order valence-electron chi connectivity index (χ4n) is 0.771. The Morgan fingerprint density at radius 3 is 3.00 bits per heavy atom. The van der Waals surface area contributed by atoms with Gasteiger partial charge in [0.25, 0.3) is 5.91 Å². The number of aromatic nitrogens is 1. The van der Waals surface area contributed by atoms with E-state index in [0.717, 1.165) is 0 Å². The molecule has 1 amide bonds. The average molecular weight is 179 g/mol. The van der Waals surface area contributed by atoms with E-state index >= 15 is 0 Å². The van der Waals surface area contributed by atoms with E-state index in [1.54, 1.807) is 13.8 Å². The van der Waals surface area contributed by atoms with E-state index in [2.05, 4.69) is 10.5 Å². The predicted octanol–water partition coefficient (Wildman–Crippen LogP) is 0.625. The van der Waals surface area contributed by atoms with E-state index in [9.17, 15) is 4.79 Å². The Hall–Kier alpha value is -1.83. The van der Waals surface area contributed by atoms with Gasteiger partial charge in [-0.25, -0.2) is 0 Å². The Bertz CT molecular complexity index is 351. The summed E-state index contributed by atoms with van der Waals surface area (Å²) in [5.41, 5.74) is 0.634. The Morgan fingerprint density at radius 2 is 2.54 bits per heavy atom. The Morgan fingerprint density at radius 1 is 1.85 bits per heavy atom. The quantitative estimate of drug-likeness (QED) is 0.721. The summed E-state index contributed by atoms with van der Waals surface area (Å²) in [4.78, 5) is 11.2. The van der Waals surface area contributed by atoms with Gasteiger partial charge in [-0.15, -0.1) is 0 Å². The summed E-state index contributed by atoms with van der Waals surface area (Å²) in [6, 6.07) is 2.86. The Kier molecular flexibility index (Phi) is 2.65. The zero-order chi connectivity index (χ0) is 9.84. The molecule has 1 rings (SSSR count). The lowest BCUT2D eigenvalue weighted by molar-refractivity contribution is 0.0910. The zero-order valence-corrected chi connectivity index (χ0v) is 7.37. The molecule has 0 saturated heterocycles. The van der Waals surface area contributed by atoms with E-state index in [4.69, 9.17) is 9.78 Å². The molecule has 1 aromatic rings. The highest BCUT2D eigenvalue weighted by atomic mass is 16.5. The number of hydrogen-bond donors (Lipinski definition) is 1. The van der Waals surface area contributed by atoms with Crippen molar-refractivity contribution >= 4 is 5.91 Å². The normalized spacial score (nSPS) is 11.8. The van der Waals surface area contributed by atoms with Crippen LogP contribution in [-0.2, 0) is 0 Å². The Balaban J connectivity index is 2.65. The molecule has 1 heterocycles. The van der Waals surface area contributed by atoms with Crippen molar-refractivity contribution in [2.45, 2.75) is 19.9 Å². The number of nitrogens with zero attached hydrogens (tertiary/aromatic N) is 2. The second-order valence-corrected chi connectivity index (χ2v) is 2.66. The van der Waals surface area contributed by atoms with Crippen LogP contribution in [0, 0.1) is 18.3 Å². The van der Waals surface area contributed by atoms with Gasteiger partial charge >= 0.3 is 0 Å². The number of amides is 1. The van der Waals surface area contributed by atoms with Gasteiger partial charge in [0.05, 0.1) is 11.8 Å².